The fourth-order valence-electron chi connectivity index (χ4n) is 3.04. The summed E-state index contributed by atoms with van der Waals surface area (Å²) in [7, 11) is 1.53. The van der Waals surface area contributed by atoms with Crippen molar-refractivity contribution in [3.05, 3.63) is 77.7 Å². The Bertz CT molecular complexity index is 904. The Morgan fingerprint density at radius 2 is 1.89 bits per heavy atom. The molecule has 0 aliphatic carbocycles. The molecule has 1 aliphatic rings. The van der Waals surface area contributed by atoms with Crippen molar-refractivity contribution in [3.63, 3.8) is 0 Å². The fraction of sp³-hybridized carbons (Fsp3) is 0.190. The third kappa shape index (κ3) is 3.46. The van der Waals surface area contributed by atoms with Crippen LogP contribution in [0.2, 0.25) is 0 Å². The molecule has 6 heteroatoms. The van der Waals surface area contributed by atoms with Gasteiger partial charge in [0.05, 0.1) is 13.4 Å². The molecule has 4 rings (SSSR count). The first kappa shape index (κ1) is 17.0. The van der Waals surface area contributed by atoms with Crippen LogP contribution in [0.25, 0.3) is 0 Å². The zero-order chi connectivity index (χ0) is 18.6. The average molecular weight is 365 g/mol. The van der Waals surface area contributed by atoms with Crippen molar-refractivity contribution < 1.29 is 23.4 Å². The molecule has 1 amide bonds. The van der Waals surface area contributed by atoms with Crippen LogP contribution in [0.1, 0.15) is 27.7 Å². The molecule has 1 aliphatic heterocycles. The molecule has 0 fully saturated rings. The smallest absolute Gasteiger partial charge is 0.252 e. The van der Waals surface area contributed by atoms with E-state index in [1.807, 2.05) is 36.4 Å². The summed E-state index contributed by atoms with van der Waals surface area (Å²) in [6.45, 7) is 0.879. The number of nitrogens with one attached hydrogen (secondary N) is 1. The molecule has 0 saturated carbocycles. The van der Waals surface area contributed by atoms with Crippen molar-refractivity contribution in [1.82, 2.24) is 5.32 Å². The summed E-state index contributed by atoms with van der Waals surface area (Å²) in [5.74, 6) is 1.87. The lowest BCUT2D eigenvalue weighted by molar-refractivity contribution is 0.0937. The van der Waals surface area contributed by atoms with E-state index in [1.54, 1.807) is 24.5 Å². The summed E-state index contributed by atoms with van der Waals surface area (Å²) in [6, 6.07) is 16.2. The van der Waals surface area contributed by atoms with Crippen LogP contribution in [0.3, 0.4) is 0 Å². The molecule has 0 bridgehead atoms. The predicted molar refractivity (Wildman–Crippen MR) is 98.4 cm³/mol. The quantitative estimate of drug-likeness (QED) is 0.748. The fourth-order valence-corrected chi connectivity index (χ4v) is 3.04. The lowest BCUT2D eigenvalue weighted by Crippen LogP contribution is -2.29. The number of furan rings is 1. The maximum absolute atomic E-state index is 13.0. The second kappa shape index (κ2) is 7.45. The van der Waals surface area contributed by atoms with Crippen molar-refractivity contribution in [2.45, 2.75) is 6.04 Å². The van der Waals surface area contributed by atoms with E-state index in [2.05, 4.69) is 5.32 Å². The summed E-state index contributed by atoms with van der Waals surface area (Å²) in [5.41, 5.74) is 1.34. The zero-order valence-corrected chi connectivity index (χ0v) is 14.8. The molecule has 1 unspecified atom stereocenters. The maximum atomic E-state index is 13.0. The van der Waals surface area contributed by atoms with Crippen LogP contribution >= 0.6 is 0 Å². The van der Waals surface area contributed by atoms with Crippen LogP contribution in [-0.4, -0.2) is 26.2 Å². The highest BCUT2D eigenvalue weighted by molar-refractivity contribution is 5.96. The maximum Gasteiger partial charge on any atom is 0.252 e. The Morgan fingerprint density at radius 1 is 1.07 bits per heavy atom. The number of hydrogen-bond donors (Lipinski definition) is 1. The minimum absolute atomic E-state index is 0.268. The van der Waals surface area contributed by atoms with Gasteiger partial charge in [-0.2, -0.15) is 0 Å². The molecule has 0 saturated heterocycles. The van der Waals surface area contributed by atoms with Crippen LogP contribution in [0, 0.1) is 0 Å². The summed E-state index contributed by atoms with van der Waals surface area (Å²) in [6.07, 6.45) is 1.59. The number of benzene rings is 2. The molecule has 6 nitrogen and oxygen atoms in total. The first-order valence-electron chi connectivity index (χ1n) is 8.63. The van der Waals surface area contributed by atoms with Gasteiger partial charge in [0.2, 0.25) is 5.75 Å². The van der Waals surface area contributed by atoms with Crippen molar-refractivity contribution in [2.24, 2.45) is 0 Å². The number of hydrogen-bond acceptors (Lipinski definition) is 5. The monoisotopic (exact) mass is 365 g/mol. The lowest BCUT2D eigenvalue weighted by atomic mass is 10.0. The Balaban J connectivity index is 1.66. The van der Waals surface area contributed by atoms with Crippen LogP contribution in [0.5, 0.6) is 17.2 Å². The molecule has 27 heavy (non-hydrogen) atoms. The topological polar surface area (TPSA) is 69.9 Å². The highest BCUT2D eigenvalue weighted by Gasteiger charge is 2.24. The van der Waals surface area contributed by atoms with Crippen molar-refractivity contribution >= 4 is 5.91 Å². The van der Waals surface area contributed by atoms with E-state index in [9.17, 15) is 4.79 Å². The van der Waals surface area contributed by atoms with E-state index in [4.69, 9.17) is 18.6 Å². The first-order valence-corrected chi connectivity index (χ1v) is 8.63. The minimum atomic E-state index is -0.409. The summed E-state index contributed by atoms with van der Waals surface area (Å²) in [4.78, 5) is 13.0. The highest BCUT2D eigenvalue weighted by atomic mass is 16.6. The van der Waals surface area contributed by atoms with Gasteiger partial charge >= 0.3 is 0 Å². The van der Waals surface area contributed by atoms with Crippen molar-refractivity contribution in [3.8, 4) is 17.2 Å². The van der Waals surface area contributed by atoms with Gasteiger partial charge < -0.3 is 23.9 Å². The average Bonchev–Trinajstić information content (AvgIpc) is 3.26. The van der Waals surface area contributed by atoms with Crippen LogP contribution in [0.4, 0.5) is 0 Å². The van der Waals surface area contributed by atoms with E-state index in [-0.39, 0.29) is 5.91 Å². The van der Waals surface area contributed by atoms with E-state index >= 15 is 0 Å². The largest absolute Gasteiger partial charge is 0.493 e. The van der Waals surface area contributed by atoms with Crippen molar-refractivity contribution in [1.29, 1.82) is 0 Å². The van der Waals surface area contributed by atoms with E-state index in [1.165, 1.54) is 7.11 Å². The number of rotatable bonds is 5. The molecule has 138 valence electrons. The molecule has 0 spiro atoms. The second-order valence-electron chi connectivity index (χ2n) is 6.04. The normalized spacial score (nSPS) is 13.7. The molecule has 2 aromatic carbocycles. The minimum Gasteiger partial charge on any atom is -0.493 e. The molecule has 3 aromatic rings. The molecular formula is C21H19NO5. The summed E-state index contributed by atoms with van der Waals surface area (Å²) in [5, 5.41) is 3.03. The van der Waals surface area contributed by atoms with Gasteiger partial charge in [-0.1, -0.05) is 30.3 Å². The van der Waals surface area contributed by atoms with Gasteiger partial charge in [-0.3, -0.25) is 4.79 Å². The van der Waals surface area contributed by atoms with Gasteiger partial charge in [0.15, 0.2) is 11.5 Å². The lowest BCUT2D eigenvalue weighted by Gasteiger charge is -2.22. The summed E-state index contributed by atoms with van der Waals surface area (Å²) < 4.78 is 22.1. The number of fused-ring (bicyclic) bond motifs is 1. The van der Waals surface area contributed by atoms with Crippen LogP contribution < -0.4 is 19.5 Å². The Hall–Kier alpha value is -3.41. The SMILES string of the molecule is COc1cc(C(=O)NC(c2ccccc2)c2ccco2)cc2c1OCCO2. The standard InChI is InChI=1S/C21H19NO5/c1-24-17-12-15(13-18-20(17)27-11-10-26-18)21(23)22-19(16-8-5-9-25-16)14-6-3-2-4-7-14/h2-9,12-13,19H,10-11H2,1H3,(H,22,23). The van der Waals surface area contributed by atoms with Gasteiger partial charge in [0, 0.05) is 5.56 Å². The first-order chi connectivity index (χ1) is 13.3. The molecule has 1 N–H and O–H groups in total. The third-order valence-electron chi connectivity index (χ3n) is 4.33. The molecule has 1 atom stereocenters. The Labute approximate surface area is 156 Å². The van der Waals surface area contributed by atoms with E-state index < -0.39 is 6.04 Å². The number of ether oxygens (including phenoxy) is 3. The molecule has 1 aromatic heterocycles. The Morgan fingerprint density at radius 3 is 2.63 bits per heavy atom. The summed E-state index contributed by atoms with van der Waals surface area (Å²) >= 11 is 0. The third-order valence-corrected chi connectivity index (χ3v) is 4.33. The van der Waals surface area contributed by atoms with E-state index in [0.29, 0.717) is 41.8 Å². The van der Waals surface area contributed by atoms with Gasteiger partial charge in [-0.15, -0.1) is 0 Å². The van der Waals surface area contributed by atoms with Gasteiger partial charge in [0.1, 0.15) is 25.0 Å². The number of amides is 1. The number of carbonyl (C=O) groups is 1. The number of methoxy groups -OCH3 is 1. The number of carbonyl (C=O) groups excluding carboxylic acids is 1. The Kier molecular flexibility index (Phi) is 4.70. The van der Waals surface area contributed by atoms with E-state index in [0.717, 1.165) is 5.56 Å². The highest BCUT2D eigenvalue weighted by Crippen LogP contribution is 2.40. The van der Waals surface area contributed by atoms with Gasteiger partial charge in [-0.25, -0.2) is 0 Å². The van der Waals surface area contributed by atoms with Crippen LogP contribution in [0.15, 0.2) is 65.3 Å². The molecular weight excluding hydrogens is 346 g/mol. The molecule has 2 heterocycles. The predicted octanol–water partition coefficient (Wildman–Crippen LogP) is 3.58. The second-order valence-corrected chi connectivity index (χ2v) is 6.04. The van der Waals surface area contributed by atoms with Gasteiger partial charge in [0.25, 0.3) is 5.91 Å². The van der Waals surface area contributed by atoms with Crippen molar-refractivity contribution in [2.75, 3.05) is 20.3 Å². The molecule has 0 radical (unpaired) electrons. The van der Waals surface area contributed by atoms with Gasteiger partial charge in [-0.05, 0) is 29.8 Å². The zero-order valence-electron chi connectivity index (χ0n) is 14.8. The van der Waals surface area contributed by atoms with Crippen LogP contribution in [-0.2, 0) is 0 Å².